The molecule has 4 nitrogen and oxygen atoms in total. The molecule has 1 rings (SSSR count). The number of carboxylic acids is 1. The van der Waals surface area contributed by atoms with Crippen molar-refractivity contribution in [2.75, 3.05) is 11.9 Å². The third-order valence-electron chi connectivity index (χ3n) is 2.39. The van der Waals surface area contributed by atoms with Crippen LogP contribution >= 0.6 is 11.6 Å². The average Bonchev–Trinajstić information content (AvgIpc) is 2.25. The number of para-hydroxylation sites is 1. The van der Waals surface area contributed by atoms with Gasteiger partial charge in [0.05, 0.1) is 22.8 Å². The molecule has 0 aliphatic heterocycles. The molecule has 3 N–H and O–H groups in total. The molecule has 1 unspecified atom stereocenters. The van der Waals surface area contributed by atoms with E-state index in [1.165, 1.54) is 6.07 Å². The zero-order valence-corrected chi connectivity index (χ0v) is 10.5. The molecule has 19 heavy (non-hydrogen) atoms. The zero-order valence-electron chi connectivity index (χ0n) is 9.75. The van der Waals surface area contributed by atoms with Crippen LogP contribution in [0, 0.1) is 0 Å². The number of rotatable bonds is 4. The highest BCUT2D eigenvalue weighted by Gasteiger charge is 2.36. The maximum atomic E-state index is 12.7. The predicted octanol–water partition coefficient (Wildman–Crippen LogP) is 2.61. The molecule has 0 radical (unpaired) electrons. The fraction of sp³-hybridized carbons (Fsp3) is 0.364. The maximum absolute atomic E-state index is 12.7. The number of benzene rings is 1. The van der Waals surface area contributed by atoms with Crippen molar-refractivity contribution in [1.29, 1.82) is 0 Å². The van der Waals surface area contributed by atoms with Gasteiger partial charge in [0.25, 0.3) is 0 Å². The standard InChI is InChI=1S/C11H11ClF3NO3/c1-10(19,9(17)18)5-16-8-6(11(13,14)15)3-2-4-7(8)12/h2-4,16,19H,5H2,1H3,(H,17,18). The Hall–Kier alpha value is -1.47. The highest BCUT2D eigenvalue weighted by molar-refractivity contribution is 6.33. The van der Waals surface area contributed by atoms with Gasteiger partial charge in [-0.25, -0.2) is 4.79 Å². The minimum Gasteiger partial charge on any atom is -0.479 e. The molecular weight excluding hydrogens is 287 g/mol. The van der Waals surface area contributed by atoms with E-state index in [9.17, 15) is 23.1 Å². The lowest BCUT2D eigenvalue weighted by atomic mass is 10.1. The molecule has 0 spiro atoms. The molecule has 0 aliphatic rings. The van der Waals surface area contributed by atoms with Crippen LogP contribution in [0.4, 0.5) is 18.9 Å². The molecule has 8 heteroatoms. The number of halogens is 4. The van der Waals surface area contributed by atoms with Crippen molar-refractivity contribution in [2.45, 2.75) is 18.7 Å². The Morgan fingerprint density at radius 2 is 2.00 bits per heavy atom. The molecule has 0 bridgehead atoms. The third kappa shape index (κ3) is 3.74. The molecular formula is C11H11ClF3NO3. The smallest absolute Gasteiger partial charge is 0.418 e. The molecule has 1 aromatic rings. The van der Waals surface area contributed by atoms with Gasteiger partial charge in [0, 0.05) is 0 Å². The average molecular weight is 298 g/mol. The quantitative estimate of drug-likeness (QED) is 0.799. The van der Waals surface area contributed by atoms with Crippen LogP contribution < -0.4 is 5.32 Å². The Labute approximate surface area is 111 Å². The summed E-state index contributed by atoms with van der Waals surface area (Å²) in [6, 6.07) is 3.17. The van der Waals surface area contributed by atoms with E-state index in [4.69, 9.17) is 16.7 Å². The van der Waals surface area contributed by atoms with Crippen molar-refractivity contribution in [3.63, 3.8) is 0 Å². The summed E-state index contributed by atoms with van der Waals surface area (Å²) in [5.74, 6) is -1.55. The van der Waals surface area contributed by atoms with Crippen molar-refractivity contribution in [3.05, 3.63) is 28.8 Å². The first-order valence-corrected chi connectivity index (χ1v) is 5.49. The molecule has 1 atom stereocenters. The monoisotopic (exact) mass is 297 g/mol. The van der Waals surface area contributed by atoms with E-state index in [1.807, 2.05) is 0 Å². The van der Waals surface area contributed by atoms with Crippen molar-refractivity contribution >= 4 is 23.3 Å². The van der Waals surface area contributed by atoms with E-state index in [0.29, 0.717) is 0 Å². The van der Waals surface area contributed by atoms with E-state index < -0.39 is 35.5 Å². The van der Waals surface area contributed by atoms with Crippen molar-refractivity contribution < 1.29 is 28.2 Å². The zero-order chi connectivity index (χ0) is 14.8. The third-order valence-corrected chi connectivity index (χ3v) is 2.70. The Morgan fingerprint density at radius 1 is 1.42 bits per heavy atom. The predicted molar refractivity (Wildman–Crippen MR) is 63.2 cm³/mol. The molecule has 0 amide bonds. The molecule has 0 aliphatic carbocycles. The molecule has 1 aromatic carbocycles. The second-order valence-corrected chi connectivity index (χ2v) is 4.50. The Balaban J connectivity index is 3.05. The van der Waals surface area contributed by atoms with E-state index >= 15 is 0 Å². The summed E-state index contributed by atoms with van der Waals surface area (Å²) in [6.07, 6.45) is -4.64. The lowest BCUT2D eigenvalue weighted by molar-refractivity contribution is -0.155. The summed E-state index contributed by atoms with van der Waals surface area (Å²) in [6.45, 7) is 0.349. The minimum atomic E-state index is -4.64. The first kappa shape index (κ1) is 15.6. The van der Waals surface area contributed by atoms with Crippen LogP contribution in [0.5, 0.6) is 0 Å². The fourth-order valence-corrected chi connectivity index (χ4v) is 1.52. The second-order valence-electron chi connectivity index (χ2n) is 4.09. The van der Waals surface area contributed by atoms with Crippen LogP contribution in [0.3, 0.4) is 0 Å². The first-order valence-electron chi connectivity index (χ1n) is 5.11. The van der Waals surface area contributed by atoms with Gasteiger partial charge in [-0.1, -0.05) is 17.7 Å². The molecule has 0 saturated heterocycles. The molecule has 0 aromatic heterocycles. The van der Waals surface area contributed by atoms with E-state index in [0.717, 1.165) is 19.1 Å². The molecule has 106 valence electrons. The molecule has 0 heterocycles. The minimum absolute atomic E-state index is 0.212. The summed E-state index contributed by atoms with van der Waals surface area (Å²) < 4.78 is 38.2. The number of aliphatic carboxylic acids is 1. The van der Waals surface area contributed by atoms with Crippen LogP contribution in [0.2, 0.25) is 5.02 Å². The fourth-order valence-electron chi connectivity index (χ4n) is 1.28. The van der Waals surface area contributed by atoms with Gasteiger partial charge < -0.3 is 15.5 Å². The maximum Gasteiger partial charge on any atom is 0.418 e. The second kappa shape index (κ2) is 5.26. The van der Waals surface area contributed by atoms with Crippen molar-refractivity contribution in [3.8, 4) is 0 Å². The number of carbonyl (C=O) groups is 1. The number of hydrogen-bond acceptors (Lipinski definition) is 3. The van der Waals surface area contributed by atoms with Crippen LogP contribution in [-0.2, 0) is 11.0 Å². The number of alkyl halides is 3. The van der Waals surface area contributed by atoms with Crippen molar-refractivity contribution in [2.24, 2.45) is 0 Å². The highest BCUT2D eigenvalue weighted by atomic mass is 35.5. The Morgan fingerprint density at radius 3 is 2.47 bits per heavy atom. The van der Waals surface area contributed by atoms with Gasteiger partial charge in [-0.05, 0) is 19.1 Å². The Kier molecular flexibility index (Phi) is 4.32. The lowest BCUT2D eigenvalue weighted by Crippen LogP contribution is -2.42. The van der Waals surface area contributed by atoms with E-state index in [1.54, 1.807) is 0 Å². The largest absolute Gasteiger partial charge is 0.479 e. The van der Waals surface area contributed by atoms with Crippen LogP contribution in [-0.4, -0.2) is 28.3 Å². The first-order chi connectivity index (χ1) is 8.55. The van der Waals surface area contributed by atoms with Gasteiger partial charge in [-0.15, -0.1) is 0 Å². The van der Waals surface area contributed by atoms with E-state index in [2.05, 4.69) is 5.32 Å². The number of anilines is 1. The van der Waals surface area contributed by atoms with Gasteiger partial charge in [0.2, 0.25) is 0 Å². The summed E-state index contributed by atoms with van der Waals surface area (Å²) in [4.78, 5) is 10.7. The topological polar surface area (TPSA) is 69.6 Å². The molecule has 0 saturated carbocycles. The number of hydrogen-bond donors (Lipinski definition) is 3. The summed E-state index contributed by atoms with van der Waals surface area (Å²) in [5.41, 5.74) is -3.69. The van der Waals surface area contributed by atoms with Crippen LogP contribution in [0.1, 0.15) is 12.5 Å². The van der Waals surface area contributed by atoms with Gasteiger partial charge in [0.1, 0.15) is 0 Å². The van der Waals surface area contributed by atoms with Crippen LogP contribution in [0.15, 0.2) is 18.2 Å². The number of aliphatic hydroxyl groups is 1. The van der Waals surface area contributed by atoms with Gasteiger partial charge in [-0.3, -0.25) is 0 Å². The number of carboxylic acid groups (broad SMARTS) is 1. The van der Waals surface area contributed by atoms with Crippen LogP contribution in [0.25, 0.3) is 0 Å². The summed E-state index contributed by atoms with van der Waals surface area (Å²) in [7, 11) is 0. The summed E-state index contributed by atoms with van der Waals surface area (Å²) in [5, 5.41) is 20.1. The lowest BCUT2D eigenvalue weighted by Gasteiger charge is -2.21. The number of nitrogens with one attached hydrogen (secondary N) is 1. The van der Waals surface area contributed by atoms with E-state index in [-0.39, 0.29) is 5.02 Å². The van der Waals surface area contributed by atoms with Gasteiger partial charge >= 0.3 is 12.1 Å². The molecule has 0 fully saturated rings. The highest BCUT2D eigenvalue weighted by Crippen LogP contribution is 2.38. The van der Waals surface area contributed by atoms with Crippen molar-refractivity contribution in [1.82, 2.24) is 0 Å². The van der Waals surface area contributed by atoms with Gasteiger partial charge in [0.15, 0.2) is 5.60 Å². The SMILES string of the molecule is CC(O)(CNc1c(Cl)cccc1C(F)(F)F)C(=O)O. The van der Waals surface area contributed by atoms with Gasteiger partial charge in [-0.2, -0.15) is 13.2 Å². The normalized spacial score (nSPS) is 14.8. The Bertz CT molecular complexity index is 489. The summed E-state index contributed by atoms with van der Waals surface area (Å²) >= 11 is 5.65.